The summed E-state index contributed by atoms with van der Waals surface area (Å²) >= 11 is 0. The van der Waals surface area contributed by atoms with Crippen molar-refractivity contribution in [2.45, 2.75) is 51.7 Å². The summed E-state index contributed by atoms with van der Waals surface area (Å²) in [4.78, 5) is 2.48. The number of nitrogens with one attached hydrogen (secondary N) is 1. The van der Waals surface area contributed by atoms with Crippen LogP contribution in [0.3, 0.4) is 0 Å². The maximum Gasteiger partial charge on any atom is 0.0534 e. The third-order valence-electron chi connectivity index (χ3n) is 4.03. The SMILES string of the molecule is CN(Cc1cnn(C)c1)C1CCC1CNC(C)(C)C. The second-order valence-electron chi connectivity index (χ2n) is 6.97. The van der Waals surface area contributed by atoms with Crippen LogP contribution in [-0.2, 0) is 13.6 Å². The molecule has 2 atom stereocenters. The lowest BCUT2D eigenvalue weighted by molar-refractivity contribution is 0.0738. The Balaban J connectivity index is 1.81. The lowest BCUT2D eigenvalue weighted by Crippen LogP contribution is -2.51. The van der Waals surface area contributed by atoms with E-state index in [1.165, 1.54) is 18.4 Å². The van der Waals surface area contributed by atoms with Crippen molar-refractivity contribution < 1.29 is 0 Å². The number of rotatable bonds is 5. The maximum atomic E-state index is 4.24. The maximum absolute atomic E-state index is 4.24. The highest BCUT2D eigenvalue weighted by Gasteiger charge is 2.34. The molecule has 19 heavy (non-hydrogen) atoms. The molecule has 0 saturated heterocycles. The lowest BCUT2D eigenvalue weighted by Gasteiger charge is -2.44. The van der Waals surface area contributed by atoms with Crippen LogP contribution in [0.5, 0.6) is 0 Å². The molecule has 1 heterocycles. The fourth-order valence-corrected chi connectivity index (χ4v) is 2.77. The van der Waals surface area contributed by atoms with E-state index in [2.05, 4.69) is 49.3 Å². The normalized spacial score (nSPS) is 23.7. The van der Waals surface area contributed by atoms with Gasteiger partial charge in [0.15, 0.2) is 0 Å². The summed E-state index contributed by atoms with van der Waals surface area (Å²) in [5, 5.41) is 7.87. The van der Waals surface area contributed by atoms with Crippen LogP contribution < -0.4 is 5.32 Å². The zero-order valence-corrected chi connectivity index (χ0v) is 13.0. The molecule has 0 aromatic carbocycles. The second-order valence-corrected chi connectivity index (χ2v) is 6.97. The van der Waals surface area contributed by atoms with Crippen molar-refractivity contribution in [3.63, 3.8) is 0 Å². The molecule has 1 aliphatic carbocycles. The first-order valence-corrected chi connectivity index (χ1v) is 7.28. The zero-order valence-electron chi connectivity index (χ0n) is 13.0. The van der Waals surface area contributed by atoms with Crippen LogP contribution >= 0.6 is 0 Å². The minimum absolute atomic E-state index is 0.224. The Bertz CT molecular complexity index is 405. The molecule has 0 bridgehead atoms. The topological polar surface area (TPSA) is 33.1 Å². The molecule has 1 aliphatic rings. The largest absolute Gasteiger partial charge is 0.312 e. The average molecular weight is 264 g/mol. The summed E-state index contributed by atoms with van der Waals surface area (Å²) in [7, 11) is 4.21. The number of hydrogen-bond acceptors (Lipinski definition) is 3. The molecule has 4 nitrogen and oxygen atoms in total. The summed E-state index contributed by atoms with van der Waals surface area (Å²) in [6, 6.07) is 0.718. The van der Waals surface area contributed by atoms with Gasteiger partial charge in [0.1, 0.15) is 0 Å². The van der Waals surface area contributed by atoms with Crippen molar-refractivity contribution in [2.24, 2.45) is 13.0 Å². The van der Waals surface area contributed by atoms with E-state index >= 15 is 0 Å². The number of hydrogen-bond donors (Lipinski definition) is 1. The van der Waals surface area contributed by atoms with E-state index in [4.69, 9.17) is 0 Å². The summed E-state index contributed by atoms with van der Waals surface area (Å²) in [6.45, 7) is 8.84. The molecule has 2 rings (SSSR count). The number of aryl methyl sites for hydroxylation is 1. The predicted molar refractivity (Wildman–Crippen MR) is 78.9 cm³/mol. The van der Waals surface area contributed by atoms with Crippen molar-refractivity contribution in [3.05, 3.63) is 18.0 Å². The first kappa shape index (κ1) is 14.5. The van der Waals surface area contributed by atoms with E-state index in [-0.39, 0.29) is 5.54 Å². The Morgan fingerprint density at radius 1 is 1.42 bits per heavy atom. The molecular formula is C15H28N4. The first-order valence-electron chi connectivity index (χ1n) is 7.28. The van der Waals surface area contributed by atoms with Crippen LogP contribution in [0.25, 0.3) is 0 Å². The highest BCUT2D eigenvalue weighted by Crippen LogP contribution is 2.32. The summed E-state index contributed by atoms with van der Waals surface area (Å²) < 4.78 is 1.88. The second kappa shape index (κ2) is 5.63. The molecule has 1 aromatic heterocycles. The van der Waals surface area contributed by atoms with Gasteiger partial charge in [-0.25, -0.2) is 0 Å². The van der Waals surface area contributed by atoms with E-state index in [1.54, 1.807) is 0 Å². The van der Waals surface area contributed by atoms with Gasteiger partial charge in [-0.1, -0.05) is 0 Å². The van der Waals surface area contributed by atoms with Gasteiger partial charge in [-0.15, -0.1) is 0 Å². The highest BCUT2D eigenvalue weighted by atomic mass is 15.2. The molecule has 0 spiro atoms. The summed E-state index contributed by atoms with van der Waals surface area (Å²) in [6.07, 6.45) is 6.76. The minimum Gasteiger partial charge on any atom is -0.312 e. The first-order chi connectivity index (χ1) is 8.85. The van der Waals surface area contributed by atoms with Crippen LogP contribution in [0.15, 0.2) is 12.4 Å². The molecule has 2 unspecified atom stereocenters. The Labute approximate surface area is 117 Å². The fourth-order valence-electron chi connectivity index (χ4n) is 2.77. The van der Waals surface area contributed by atoms with E-state index in [1.807, 2.05) is 17.9 Å². The average Bonchev–Trinajstić information content (AvgIpc) is 2.60. The highest BCUT2D eigenvalue weighted by molar-refractivity contribution is 5.04. The van der Waals surface area contributed by atoms with Gasteiger partial charge in [-0.3, -0.25) is 9.58 Å². The fraction of sp³-hybridized carbons (Fsp3) is 0.800. The van der Waals surface area contributed by atoms with Crippen LogP contribution in [0.2, 0.25) is 0 Å². The van der Waals surface area contributed by atoms with Crippen LogP contribution in [0, 0.1) is 5.92 Å². The molecular weight excluding hydrogens is 236 g/mol. The molecule has 4 heteroatoms. The van der Waals surface area contributed by atoms with Crippen LogP contribution in [0.1, 0.15) is 39.2 Å². The Hall–Kier alpha value is -0.870. The van der Waals surface area contributed by atoms with Gasteiger partial charge in [0.2, 0.25) is 0 Å². The number of aromatic nitrogens is 2. The third-order valence-corrected chi connectivity index (χ3v) is 4.03. The van der Waals surface area contributed by atoms with E-state index in [0.717, 1.165) is 25.0 Å². The quantitative estimate of drug-likeness (QED) is 0.883. The monoisotopic (exact) mass is 264 g/mol. The minimum atomic E-state index is 0.224. The van der Waals surface area contributed by atoms with Crippen molar-refractivity contribution in [2.75, 3.05) is 13.6 Å². The van der Waals surface area contributed by atoms with Gasteiger partial charge in [0.25, 0.3) is 0 Å². The van der Waals surface area contributed by atoms with Crippen LogP contribution in [-0.4, -0.2) is 39.9 Å². The van der Waals surface area contributed by atoms with Crippen molar-refractivity contribution in [1.29, 1.82) is 0 Å². The molecule has 108 valence electrons. The Morgan fingerprint density at radius 2 is 2.16 bits per heavy atom. The smallest absolute Gasteiger partial charge is 0.0534 e. The van der Waals surface area contributed by atoms with Gasteiger partial charge in [-0.05, 0) is 53.1 Å². The molecule has 1 fully saturated rings. The van der Waals surface area contributed by atoms with Gasteiger partial charge >= 0.3 is 0 Å². The van der Waals surface area contributed by atoms with Crippen LogP contribution in [0.4, 0.5) is 0 Å². The summed E-state index contributed by atoms with van der Waals surface area (Å²) in [5.74, 6) is 0.792. The third kappa shape index (κ3) is 4.05. The standard InChI is InChI=1S/C15H28N4/c1-15(2,3)16-9-13-6-7-14(13)18(4)10-12-8-17-19(5)11-12/h8,11,13-14,16H,6-7,9-10H2,1-5H3. The Morgan fingerprint density at radius 3 is 2.63 bits per heavy atom. The Kier molecular flexibility index (Phi) is 4.31. The van der Waals surface area contributed by atoms with Gasteiger partial charge in [0.05, 0.1) is 6.20 Å². The van der Waals surface area contributed by atoms with Crippen molar-refractivity contribution in [3.8, 4) is 0 Å². The van der Waals surface area contributed by atoms with Crippen molar-refractivity contribution in [1.82, 2.24) is 20.0 Å². The molecule has 1 aromatic rings. The van der Waals surface area contributed by atoms with Gasteiger partial charge in [0, 0.05) is 36.9 Å². The van der Waals surface area contributed by atoms with E-state index in [9.17, 15) is 0 Å². The van der Waals surface area contributed by atoms with E-state index in [0.29, 0.717) is 0 Å². The molecule has 1 N–H and O–H groups in total. The predicted octanol–water partition coefficient (Wildman–Crippen LogP) is 2.02. The van der Waals surface area contributed by atoms with Crippen molar-refractivity contribution >= 4 is 0 Å². The lowest BCUT2D eigenvalue weighted by atomic mass is 9.78. The number of nitrogens with zero attached hydrogens (tertiary/aromatic N) is 3. The van der Waals surface area contributed by atoms with Gasteiger partial charge < -0.3 is 5.32 Å². The molecule has 0 aliphatic heterocycles. The molecule has 0 amide bonds. The van der Waals surface area contributed by atoms with Gasteiger partial charge in [-0.2, -0.15) is 5.10 Å². The zero-order chi connectivity index (χ0) is 14.0. The summed E-state index contributed by atoms with van der Waals surface area (Å²) in [5.41, 5.74) is 1.53. The molecule has 0 radical (unpaired) electrons. The molecule has 1 saturated carbocycles. The van der Waals surface area contributed by atoms with E-state index < -0.39 is 0 Å².